The zero-order valence-electron chi connectivity index (χ0n) is 15.9. The van der Waals surface area contributed by atoms with Gasteiger partial charge >= 0.3 is 0 Å². The lowest BCUT2D eigenvalue weighted by molar-refractivity contribution is 0.398. The van der Waals surface area contributed by atoms with E-state index in [2.05, 4.69) is 20.1 Å². The molecule has 0 atom stereocenters. The molecule has 0 amide bonds. The molecule has 0 bridgehead atoms. The normalized spacial score (nSPS) is 10.6. The van der Waals surface area contributed by atoms with E-state index >= 15 is 0 Å². The van der Waals surface area contributed by atoms with Crippen LogP contribution >= 0.6 is 11.6 Å². The van der Waals surface area contributed by atoms with E-state index in [9.17, 15) is 0 Å². The van der Waals surface area contributed by atoms with Crippen molar-refractivity contribution in [2.75, 3.05) is 7.11 Å². The number of pyridine rings is 1. The Morgan fingerprint density at radius 1 is 1.15 bits per heavy atom. The Bertz CT molecular complexity index is 1090. The summed E-state index contributed by atoms with van der Waals surface area (Å²) in [5.41, 5.74) is 3.73. The number of fused-ring (bicyclic) bond motifs is 1. The van der Waals surface area contributed by atoms with Gasteiger partial charge in [-0.2, -0.15) is 0 Å². The van der Waals surface area contributed by atoms with Crippen LogP contribution < -0.4 is 4.74 Å². The van der Waals surface area contributed by atoms with Gasteiger partial charge in [-0.1, -0.05) is 25.4 Å². The van der Waals surface area contributed by atoms with Crippen LogP contribution in [0.2, 0.25) is 5.15 Å². The number of methoxy groups -OCH3 is 1. The molecule has 0 aliphatic heterocycles. The molecule has 0 radical (unpaired) electrons. The molecule has 0 saturated carbocycles. The Morgan fingerprint density at radius 3 is 2.59 bits per heavy atom. The van der Waals surface area contributed by atoms with Crippen molar-refractivity contribution >= 4 is 17.1 Å². The number of nitrogens with zero attached hydrogens (tertiary/aromatic N) is 6. The van der Waals surface area contributed by atoms with Crippen molar-refractivity contribution in [1.29, 1.82) is 0 Å². The van der Waals surface area contributed by atoms with Gasteiger partial charge in [-0.3, -0.25) is 0 Å². The maximum atomic E-state index is 6.45. The number of halogens is 1. The number of aromatic nitrogens is 6. The van der Waals surface area contributed by atoms with E-state index in [1.807, 2.05) is 56.9 Å². The lowest BCUT2D eigenvalue weighted by Gasteiger charge is -2.04. The Balaban J connectivity index is 0.00000102. The highest BCUT2D eigenvalue weighted by molar-refractivity contribution is 6.33. The van der Waals surface area contributed by atoms with Gasteiger partial charge in [0, 0.05) is 43.5 Å². The Kier molecular flexibility index (Phi) is 5.41. The van der Waals surface area contributed by atoms with Gasteiger partial charge in [0.25, 0.3) is 0 Å². The lowest BCUT2D eigenvalue weighted by Crippen LogP contribution is -2.02. The third kappa shape index (κ3) is 3.38. The highest BCUT2D eigenvalue weighted by Crippen LogP contribution is 2.32. The molecule has 27 heavy (non-hydrogen) atoms. The molecule has 0 unspecified atom stereocenters. The number of imidazole rings is 1. The summed E-state index contributed by atoms with van der Waals surface area (Å²) >= 11 is 6.45. The molecule has 0 aliphatic carbocycles. The molecule has 0 aliphatic rings. The first-order valence-corrected chi connectivity index (χ1v) is 9.00. The summed E-state index contributed by atoms with van der Waals surface area (Å²) in [7, 11) is 3.48. The Labute approximate surface area is 162 Å². The molecule has 0 fully saturated rings. The maximum absolute atomic E-state index is 6.45. The first-order valence-electron chi connectivity index (χ1n) is 8.62. The number of hydrogen-bond donors (Lipinski definition) is 0. The van der Waals surface area contributed by atoms with Gasteiger partial charge in [0.1, 0.15) is 5.52 Å². The SMILES string of the molecule is CC.COc1cc(-c2cn3nc(-c4nccn4C)nc(Cl)c3c2C)ccn1. The van der Waals surface area contributed by atoms with E-state index in [0.717, 1.165) is 22.2 Å². The first kappa shape index (κ1) is 18.8. The fraction of sp³-hybridized carbons (Fsp3) is 0.263. The molecular weight excluding hydrogens is 364 g/mol. The van der Waals surface area contributed by atoms with Gasteiger partial charge in [0.15, 0.2) is 11.0 Å². The van der Waals surface area contributed by atoms with Crippen molar-refractivity contribution in [2.24, 2.45) is 7.05 Å². The van der Waals surface area contributed by atoms with Crippen molar-refractivity contribution in [1.82, 2.24) is 29.1 Å². The molecule has 4 heterocycles. The van der Waals surface area contributed by atoms with Crippen molar-refractivity contribution in [3.63, 3.8) is 0 Å². The summed E-state index contributed by atoms with van der Waals surface area (Å²) in [4.78, 5) is 12.9. The van der Waals surface area contributed by atoms with Crippen LogP contribution in [-0.2, 0) is 7.05 Å². The average molecular weight is 385 g/mol. The molecule has 0 N–H and O–H groups in total. The number of rotatable bonds is 3. The summed E-state index contributed by atoms with van der Waals surface area (Å²) in [6.07, 6.45) is 7.18. The monoisotopic (exact) mass is 384 g/mol. The topological polar surface area (TPSA) is 70.1 Å². The van der Waals surface area contributed by atoms with Crippen LogP contribution in [0.4, 0.5) is 0 Å². The standard InChI is InChI=1S/C17H15ClN6O.C2H6/c1-10-12(11-4-5-19-13(8-11)25-3)9-24-14(10)15(18)21-16(22-24)17-20-6-7-23(17)2;1-2/h4-9H,1-3H3;1-2H3. The fourth-order valence-corrected chi connectivity index (χ4v) is 3.15. The van der Waals surface area contributed by atoms with Crippen LogP contribution in [-0.4, -0.2) is 36.2 Å². The molecule has 0 spiro atoms. The Morgan fingerprint density at radius 2 is 1.93 bits per heavy atom. The van der Waals surface area contributed by atoms with Gasteiger partial charge in [0.05, 0.1) is 7.11 Å². The van der Waals surface area contributed by atoms with Crippen LogP contribution in [0.1, 0.15) is 19.4 Å². The van der Waals surface area contributed by atoms with Crippen LogP contribution in [0.25, 0.3) is 28.3 Å². The number of hydrogen-bond acceptors (Lipinski definition) is 5. The summed E-state index contributed by atoms with van der Waals surface area (Å²) in [5.74, 6) is 1.68. The number of ether oxygens (including phenoxy) is 1. The van der Waals surface area contributed by atoms with Crippen molar-refractivity contribution in [3.05, 3.63) is 47.6 Å². The summed E-state index contributed by atoms with van der Waals surface area (Å²) in [6, 6.07) is 3.80. The van der Waals surface area contributed by atoms with E-state index in [1.165, 1.54) is 0 Å². The fourth-order valence-electron chi connectivity index (χ4n) is 2.84. The first-order chi connectivity index (χ1) is 13.1. The molecule has 8 heteroatoms. The quantitative estimate of drug-likeness (QED) is 0.529. The minimum atomic E-state index is 0.387. The molecule has 0 aromatic carbocycles. The number of aryl methyl sites for hydroxylation is 2. The lowest BCUT2D eigenvalue weighted by atomic mass is 10.1. The molecule has 7 nitrogen and oxygen atoms in total. The molecule has 4 aromatic heterocycles. The van der Waals surface area contributed by atoms with Gasteiger partial charge in [-0.05, 0) is 24.1 Å². The second-order valence-corrected chi connectivity index (χ2v) is 5.99. The van der Waals surface area contributed by atoms with Gasteiger partial charge in [-0.15, -0.1) is 5.10 Å². The van der Waals surface area contributed by atoms with E-state index in [4.69, 9.17) is 16.3 Å². The van der Waals surface area contributed by atoms with Gasteiger partial charge in [-0.25, -0.2) is 19.5 Å². The highest BCUT2D eigenvalue weighted by Gasteiger charge is 2.17. The van der Waals surface area contributed by atoms with E-state index in [0.29, 0.717) is 22.7 Å². The summed E-state index contributed by atoms with van der Waals surface area (Å²) < 4.78 is 8.81. The van der Waals surface area contributed by atoms with E-state index in [1.54, 1.807) is 24.0 Å². The van der Waals surface area contributed by atoms with Crippen LogP contribution in [0.15, 0.2) is 36.9 Å². The summed E-state index contributed by atoms with van der Waals surface area (Å²) in [5, 5.41) is 4.97. The van der Waals surface area contributed by atoms with E-state index < -0.39 is 0 Å². The highest BCUT2D eigenvalue weighted by atomic mass is 35.5. The van der Waals surface area contributed by atoms with Crippen LogP contribution in [0.5, 0.6) is 5.88 Å². The largest absolute Gasteiger partial charge is 0.481 e. The minimum Gasteiger partial charge on any atom is -0.481 e. The van der Waals surface area contributed by atoms with Gasteiger partial charge < -0.3 is 9.30 Å². The molecule has 4 aromatic rings. The average Bonchev–Trinajstić information content (AvgIpc) is 3.27. The van der Waals surface area contributed by atoms with Crippen LogP contribution in [0.3, 0.4) is 0 Å². The van der Waals surface area contributed by atoms with Crippen molar-refractivity contribution in [3.8, 4) is 28.7 Å². The minimum absolute atomic E-state index is 0.387. The predicted molar refractivity (Wildman–Crippen MR) is 106 cm³/mol. The zero-order valence-corrected chi connectivity index (χ0v) is 16.7. The zero-order chi connectivity index (χ0) is 19.6. The molecular formula is C19H21ClN6O. The van der Waals surface area contributed by atoms with Gasteiger partial charge in [0.2, 0.25) is 11.7 Å². The summed E-state index contributed by atoms with van der Waals surface area (Å²) in [6.45, 7) is 5.99. The third-order valence-corrected chi connectivity index (χ3v) is 4.38. The van der Waals surface area contributed by atoms with E-state index in [-0.39, 0.29) is 0 Å². The third-order valence-electron chi connectivity index (χ3n) is 4.12. The van der Waals surface area contributed by atoms with Crippen molar-refractivity contribution < 1.29 is 4.74 Å². The second kappa shape index (κ2) is 7.75. The predicted octanol–water partition coefficient (Wildman–Crippen LogP) is 4.19. The van der Waals surface area contributed by atoms with Crippen LogP contribution in [0, 0.1) is 6.92 Å². The molecule has 4 rings (SSSR count). The molecule has 0 saturated heterocycles. The second-order valence-electron chi connectivity index (χ2n) is 5.64. The maximum Gasteiger partial charge on any atom is 0.217 e. The smallest absolute Gasteiger partial charge is 0.217 e. The van der Waals surface area contributed by atoms with Crippen molar-refractivity contribution in [2.45, 2.75) is 20.8 Å². The molecule has 140 valence electrons. The Hall–Kier alpha value is -2.93.